The van der Waals surface area contributed by atoms with Crippen molar-refractivity contribution >= 4 is 45.3 Å². The summed E-state index contributed by atoms with van der Waals surface area (Å²) >= 11 is 6.12. The van der Waals surface area contributed by atoms with Gasteiger partial charge in [-0.3, -0.25) is 4.40 Å². The van der Waals surface area contributed by atoms with E-state index in [2.05, 4.69) is 15.3 Å². The van der Waals surface area contributed by atoms with Gasteiger partial charge in [-0.05, 0) is 30.3 Å². The Morgan fingerprint density at radius 3 is 2.76 bits per heavy atom. The monoisotopic (exact) mass is 355 g/mol. The van der Waals surface area contributed by atoms with Crippen molar-refractivity contribution in [1.82, 2.24) is 14.4 Å². The maximum atomic E-state index is 14.1. The van der Waals surface area contributed by atoms with Crippen molar-refractivity contribution in [2.45, 2.75) is 0 Å². The van der Waals surface area contributed by atoms with Gasteiger partial charge in [-0.2, -0.15) is 0 Å². The Balaban J connectivity index is 1.92. The van der Waals surface area contributed by atoms with Crippen LogP contribution in [0.2, 0.25) is 5.02 Å². The van der Waals surface area contributed by atoms with E-state index < -0.39 is 5.82 Å². The van der Waals surface area contributed by atoms with E-state index in [0.29, 0.717) is 10.8 Å². The predicted octanol–water partition coefficient (Wildman–Crippen LogP) is 4.48. The summed E-state index contributed by atoms with van der Waals surface area (Å²) < 4.78 is 16.0. The number of imidazole rings is 1. The van der Waals surface area contributed by atoms with Crippen LogP contribution in [0.15, 0.2) is 48.9 Å². The summed E-state index contributed by atoms with van der Waals surface area (Å²) in [7, 11) is 3.96. The van der Waals surface area contributed by atoms with Gasteiger partial charge in [-0.15, -0.1) is 0 Å². The minimum atomic E-state index is -0.435. The Bertz CT molecular complexity index is 1070. The van der Waals surface area contributed by atoms with Gasteiger partial charge in [0.05, 0.1) is 34.3 Å². The quantitative estimate of drug-likeness (QED) is 0.588. The summed E-state index contributed by atoms with van der Waals surface area (Å²) in [5, 5.41) is 3.30. The van der Waals surface area contributed by atoms with Gasteiger partial charge in [0.1, 0.15) is 11.3 Å². The van der Waals surface area contributed by atoms with E-state index in [1.807, 2.05) is 41.6 Å². The standard InChI is InChI=1S/C18H15ClFN5/c1-24(2)11-6-7-14-15(8-11)25-10-21-9-16(25)18(22-14)23-17-12(19)4-3-5-13(17)20/h3-10H,1-2H3,(H,22,23). The van der Waals surface area contributed by atoms with Crippen LogP contribution in [0, 0.1) is 5.82 Å². The summed E-state index contributed by atoms with van der Waals surface area (Å²) in [6, 6.07) is 10.5. The molecule has 126 valence electrons. The van der Waals surface area contributed by atoms with Crippen LogP contribution in [-0.2, 0) is 0 Å². The van der Waals surface area contributed by atoms with Crippen molar-refractivity contribution in [3.05, 3.63) is 59.8 Å². The minimum absolute atomic E-state index is 0.198. The zero-order chi connectivity index (χ0) is 17.6. The van der Waals surface area contributed by atoms with Gasteiger partial charge in [-0.1, -0.05) is 17.7 Å². The normalized spacial score (nSPS) is 11.2. The molecule has 0 amide bonds. The first-order chi connectivity index (χ1) is 12.0. The third-order valence-corrected chi connectivity index (χ3v) is 4.37. The van der Waals surface area contributed by atoms with Gasteiger partial charge < -0.3 is 10.2 Å². The van der Waals surface area contributed by atoms with Crippen molar-refractivity contribution in [1.29, 1.82) is 0 Å². The summed E-state index contributed by atoms with van der Waals surface area (Å²) in [5.74, 6) is 0.0598. The molecule has 0 aliphatic carbocycles. The van der Waals surface area contributed by atoms with Crippen LogP contribution >= 0.6 is 11.6 Å². The number of hydrogen-bond acceptors (Lipinski definition) is 4. The molecule has 1 N–H and O–H groups in total. The highest BCUT2D eigenvalue weighted by Crippen LogP contribution is 2.31. The zero-order valence-electron chi connectivity index (χ0n) is 13.7. The molecule has 2 aromatic carbocycles. The average Bonchev–Trinajstić information content (AvgIpc) is 3.08. The van der Waals surface area contributed by atoms with Gasteiger partial charge >= 0.3 is 0 Å². The fraction of sp³-hybridized carbons (Fsp3) is 0.111. The smallest absolute Gasteiger partial charge is 0.157 e. The fourth-order valence-corrected chi connectivity index (χ4v) is 2.96. The van der Waals surface area contributed by atoms with Crippen molar-refractivity contribution in [2.75, 3.05) is 24.3 Å². The zero-order valence-corrected chi connectivity index (χ0v) is 14.4. The van der Waals surface area contributed by atoms with E-state index in [4.69, 9.17) is 11.6 Å². The molecule has 4 rings (SSSR count). The highest BCUT2D eigenvalue weighted by molar-refractivity contribution is 6.33. The molecule has 0 bridgehead atoms. The molecular weight excluding hydrogens is 341 g/mol. The summed E-state index contributed by atoms with van der Waals surface area (Å²) in [4.78, 5) is 10.9. The number of halogens is 2. The van der Waals surface area contributed by atoms with E-state index in [0.717, 1.165) is 22.2 Å². The molecule has 0 atom stereocenters. The maximum absolute atomic E-state index is 14.1. The van der Waals surface area contributed by atoms with E-state index >= 15 is 0 Å². The topological polar surface area (TPSA) is 45.5 Å². The molecule has 0 spiro atoms. The van der Waals surface area contributed by atoms with Gasteiger partial charge in [0.2, 0.25) is 0 Å². The molecular formula is C18H15ClFN5. The Hall–Kier alpha value is -2.86. The third-order valence-electron chi connectivity index (χ3n) is 4.05. The van der Waals surface area contributed by atoms with E-state index in [-0.39, 0.29) is 5.69 Å². The molecule has 0 fully saturated rings. The lowest BCUT2D eigenvalue weighted by Crippen LogP contribution is -2.09. The molecule has 0 radical (unpaired) electrons. The SMILES string of the molecule is CN(C)c1ccc2nc(Nc3c(F)cccc3Cl)c3cncn3c2c1. The van der Waals surface area contributed by atoms with Crippen LogP contribution in [0.5, 0.6) is 0 Å². The third kappa shape index (κ3) is 2.64. The van der Waals surface area contributed by atoms with Gasteiger partial charge in [0.25, 0.3) is 0 Å². The first kappa shape index (κ1) is 15.7. The van der Waals surface area contributed by atoms with Crippen LogP contribution in [0.4, 0.5) is 21.6 Å². The first-order valence-electron chi connectivity index (χ1n) is 7.69. The predicted molar refractivity (Wildman–Crippen MR) is 99.5 cm³/mol. The number of aromatic nitrogens is 3. The Morgan fingerprint density at radius 2 is 2.00 bits per heavy atom. The largest absolute Gasteiger partial charge is 0.378 e. The first-order valence-corrected chi connectivity index (χ1v) is 8.06. The lowest BCUT2D eigenvalue weighted by molar-refractivity contribution is 0.632. The number of para-hydroxylation sites is 1. The Kier molecular flexibility index (Phi) is 3.69. The number of rotatable bonds is 3. The lowest BCUT2D eigenvalue weighted by atomic mass is 10.2. The van der Waals surface area contributed by atoms with Crippen molar-refractivity contribution in [2.24, 2.45) is 0 Å². The summed E-state index contributed by atoms with van der Waals surface area (Å²) in [6.07, 6.45) is 3.40. The van der Waals surface area contributed by atoms with Crippen LogP contribution in [0.1, 0.15) is 0 Å². The second-order valence-corrected chi connectivity index (χ2v) is 6.31. The lowest BCUT2D eigenvalue weighted by Gasteiger charge is -2.15. The highest BCUT2D eigenvalue weighted by atomic mass is 35.5. The molecule has 25 heavy (non-hydrogen) atoms. The summed E-state index contributed by atoms with van der Waals surface area (Å²) in [6.45, 7) is 0. The maximum Gasteiger partial charge on any atom is 0.157 e. The molecule has 7 heteroatoms. The minimum Gasteiger partial charge on any atom is -0.378 e. The highest BCUT2D eigenvalue weighted by Gasteiger charge is 2.13. The van der Waals surface area contributed by atoms with Gasteiger partial charge in [0.15, 0.2) is 5.82 Å². The van der Waals surface area contributed by atoms with Crippen LogP contribution in [-0.4, -0.2) is 28.5 Å². The number of benzene rings is 2. The number of nitrogens with one attached hydrogen (secondary N) is 1. The molecule has 0 saturated heterocycles. The molecule has 5 nitrogen and oxygen atoms in total. The Morgan fingerprint density at radius 1 is 1.16 bits per heavy atom. The second kappa shape index (κ2) is 5.89. The molecule has 4 aromatic rings. The van der Waals surface area contributed by atoms with E-state index in [9.17, 15) is 4.39 Å². The number of nitrogens with zero attached hydrogens (tertiary/aromatic N) is 4. The van der Waals surface area contributed by atoms with Crippen molar-refractivity contribution < 1.29 is 4.39 Å². The molecule has 2 heterocycles. The molecule has 0 aliphatic rings. The molecule has 0 saturated carbocycles. The number of hydrogen-bond donors (Lipinski definition) is 1. The summed E-state index contributed by atoms with van der Waals surface area (Å²) in [5.41, 5.74) is 3.68. The average molecular weight is 356 g/mol. The van der Waals surface area contributed by atoms with Crippen molar-refractivity contribution in [3.63, 3.8) is 0 Å². The van der Waals surface area contributed by atoms with Gasteiger partial charge in [0, 0.05) is 19.8 Å². The van der Waals surface area contributed by atoms with Crippen LogP contribution in [0.25, 0.3) is 16.6 Å². The van der Waals surface area contributed by atoms with E-state index in [1.54, 1.807) is 24.7 Å². The molecule has 2 aromatic heterocycles. The number of fused-ring (bicyclic) bond motifs is 3. The second-order valence-electron chi connectivity index (χ2n) is 5.90. The van der Waals surface area contributed by atoms with E-state index in [1.165, 1.54) is 6.07 Å². The van der Waals surface area contributed by atoms with Crippen molar-refractivity contribution in [3.8, 4) is 0 Å². The molecule has 0 aliphatic heterocycles. The fourth-order valence-electron chi connectivity index (χ4n) is 2.75. The van der Waals surface area contributed by atoms with Crippen LogP contribution < -0.4 is 10.2 Å². The molecule has 0 unspecified atom stereocenters. The Labute approximate surface area is 148 Å². The van der Waals surface area contributed by atoms with Gasteiger partial charge in [-0.25, -0.2) is 14.4 Å². The number of anilines is 3. The van der Waals surface area contributed by atoms with Crippen LogP contribution in [0.3, 0.4) is 0 Å².